The molecule has 0 aromatic heterocycles. The van der Waals surface area contributed by atoms with Crippen molar-refractivity contribution in [3.8, 4) is 0 Å². The van der Waals surface area contributed by atoms with Gasteiger partial charge in [-0.2, -0.15) is 0 Å². The lowest BCUT2D eigenvalue weighted by Crippen LogP contribution is -2.27. The molecular weight excluding hydrogens is 318 g/mol. The molecule has 3 nitrogen and oxygen atoms in total. The van der Waals surface area contributed by atoms with Crippen LogP contribution in [-0.4, -0.2) is 26.2 Å². The maximum atomic E-state index is 5.96. The fraction of sp³-hybridized carbons (Fsp3) is 0.200. The summed E-state index contributed by atoms with van der Waals surface area (Å²) in [7, 11) is 0. The minimum absolute atomic E-state index is 0.757. The van der Waals surface area contributed by atoms with Crippen molar-refractivity contribution >= 4 is 33.7 Å². The lowest BCUT2D eigenvalue weighted by molar-refractivity contribution is 0.719. The first kappa shape index (κ1) is 16.6. The van der Waals surface area contributed by atoms with Gasteiger partial charge in [-0.1, -0.05) is 54.1 Å². The van der Waals surface area contributed by atoms with Crippen molar-refractivity contribution < 1.29 is 0 Å². The zero-order chi connectivity index (χ0) is 16.6. The molecule has 0 aliphatic rings. The Balaban J connectivity index is 1.36. The van der Waals surface area contributed by atoms with E-state index in [4.69, 9.17) is 11.6 Å². The minimum atomic E-state index is 0.757. The molecule has 0 aliphatic carbocycles. The molecule has 0 bridgehead atoms. The number of halogens is 1. The molecule has 0 fully saturated rings. The maximum Gasteiger partial charge on any atom is 0.0426 e. The summed E-state index contributed by atoms with van der Waals surface area (Å²) >= 11 is 5.96. The number of hydrogen-bond donors (Lipinski definition) is 3. The molecule has 0 radical (unpaired) electrons. The number of rotatable bonds is 8. The summed E-state index contributed by atoms with van der Waals surface area (Å²) in [6, 6.07) is 22.6. The minimum Gasteiger partial charge on any atom is -0.384 e. The molecule has 3 aromatic rings. The van der Waals surface area contributed by atoms with Gasteiger partial charge < -0.3 is 16.0 Å². The third kappa shape index (κ3) is 4.63. The number of nitrogens with one attached hydrogen (secondary N) is 3. The molecule has 24 heavy (non-hydrogen) atoms. The highest BCUT2D eigenvalue weighted by Gasteiger charge is 1.98. The van der Waals surface area contributed by atoms with Crippen molar-refractivity contribution in [2.24, 2.45) is 0 Å². The smallest absolute Gasteiger partial charge is 0.0426 e. The van der Waals surface area contributed by atoms with Gasteiger partial charge in [0.2, 0.25) is 0 Å². The predicted octanol–water partition coefficient (Wildman–Crippen LogP) is 4.61. The Bertz CT molecular complexity index is 783. The van der Waals surface area contributed by atoms with Gasteiger partial charge >= 0.3 is 0 Å². The highest BCUT2D eigenvalue weighted by molar-refractivity contribution is 6.30. The van der Waals surface area contributed by atoms with Crippen molar-refractivity contribution in [3.63, 3.8) is 0 Å². The molecule has 124 valence electrons. The Hall–Kier alpha value is -2.23. The summed E-state index contributed by atoms with van der Waals surface area (Å²) in [6.07, 6.45) is 0. The van der Waals surface area contributed by atoms with E-state index in [-0.39, 0.29) is 0 Å². The molecule has 4 heteroatoms. The van der Waals surface area contributed by atoms with Gasteiger partial charge in [-0.15, -0.1) is 0 Å². The average molecular weight is 340 g/mol. The molecule has 3 aromatic carbocycles. The van der Waals surface area contributed by atoms with Crippen molar-refractivity contribution in [1.29, 1.82) is 0 Å². The SMILES string of the molecule is Clc1cccc(NCCNCCNc2cccc3ccccc23)c1. The van der Waals surface area contributed by atoms with E-state index in [0.717, 1.165) is 36.9 Å². The second-order valence-corrected chi connectivity index (χ2v) is 6.08. The zero-order valence-corrected chi connectivity index (χ0v) is 14.3. The molecule has 0 heterocycles. The molecule has 0 spiro atoms. The van der Waals surface area contributed by atoms with Crippen molar-refractivity contribution in [1.82, 2.24) is 5.32 Å². The lowest BCUT2D eigenvalue weighted by atomic mass is 10.1. The van der Waals surface area contributed by atoms with Crippen molar-refractivity contribution in [2.45, 2.75) is 0 Å². The van der Waals surface area contributed by atoms with Gasteiger partial charge in [-0.25, -0.2) is 0 Å². The van der Waals surface area contributed by atoms with Gasteiger partial charge in [0.25, 0.3) is 0 Å². The quantitative estimate of drug-likeness (QED) is 0.525. The number of benzene rings is 3. The molecule has 0 saturated heterocycles. The lowest BCUT2D eigenvalue weighted by Gasteiger charge is -2.11. The third-order valence-corrected chi connectivity index (χ3v) is 4.10. The van der Waals surface area contributed by atoms with Crippen LogP contribution >= 0.6 is 11.6 Å². The van der Waals surface area contributed by atoms with Crippen LogP contribution in [0.4, 0.5) is 11.4 Å². The predicted molar refractivity (Wildman–Crippen MR) is 105 cm³/mol. The van der Waals surface area contributed by atoms with E-state index in [1.54, 1.807) is 0 Å². The van der Waals surface area contributed by atoms with E-state index in [0.29, 0.717) is 0 Å². The summed E-state index contributed by atoms with van der Waals surface area (Å²) < 4.78 is 0. The monoisotopic (exact) mass is 339 g/mol. The van der Waals surface area contributed by atoms with Crippen LogP contribution in [-0.2, 0) is 0 Å². The van der Waals surface area contributed by atoms with E-state index in [9.17, 15) is 0 Å². The second kappa shape index (κ2) is 8.57. The topological polar surface area (TPSA) is 36.1 Å². The molecule has 3 rings (SSSR count). The average Bonchev–Trinajstić information content (AvgIpc) is 2.61. The van der Waals surface area contributed by atoms with Crippen LogP contribution in [0, 0.1) is 0 Å². The molecule has 0 saturated carbocycles. The van der Waals surface area contributed by atoms with Crippen LogP contribution in [0.1, 0.15) is 0 Å². The first-order valence-corrected chi connectivity index (χ1v) is 8.62. The fourth-order valence-corrected chi connectivity index (χ4v) is 2.87. The van der Waals surface area contributed by atoms with E-state index in [1.165, 1.54) is 16.5 Å². The van der Waals surface area contributed by atoms with Crippen molar-refractivity contribution in [3.05, 3.63) is 71.8 Å². The second-order valence-electron chi connectivity index (χ2n) is 5.64. The highest BCUT2D eigenvalue weighted by atomic mass is 35.5. The number of anilines is 2. The molecule has 0 unspecified atom stereocenters. The van der Waals surface area contributed by atoms with Gasteiger partial charge in [0.1, 0.15) is 0 Å². The standard InChI is InChI=1S/C20H22ClN3/c21-17-7-4-8-18(15-17)23-13-11-22-12-14-24-20-10-3-6-16-5-1-2-9-19(16)20/h1-10,15,22-24H,11-14H2. The Labute approximate surface area is 148 Å². The Morgan fingerprint density at radius 2 is 1.46 bits per heavy atom. The van der Waals surface area contributed by atoms with Gasteiger partial charge in [-0.05, 0) is 29.7 Å². The van der Waals surface area contributed by atoms with Crippen LogP contribution in [0.25, 0.3) is 10.8 Å². The maximum absolute atomic E-state index is 5.96. The van der Waals surface area contributed by atoms with Crippen LogP contribution in [0.5, 0.6) is 0 Å². The summed E-state index contributed by atoms with van der Waals surface area (Å²) in [5.41, 5.74) is 2.24. The molecule has 0 atom stereocenters. The highest BCUT2D eigenvalue weighted by Crippen LogP contribution is 2.22. The largest absolute Gasteiger partial charge is 0.384 e. The van der Waals surface area contributed by atoms with E-state index < -0.39 is 0 Å². The molecule has 0 amide bonds. The zero-order valence-electron chi connectivity index (χ0n) is 13.6. The normalized spacial score (nSPS) is 10.7. The van der Waals surface area contributed by atoms with Gasteiger partial charge in [0.15, 0.2) is 0 Å². The third-order valence-electron chi connectivity index (χ3n) is 3.86. The summed E-state index contributed by atoms with van der Waals surface area (Å²) in [5.74, 6) is 0. The first-order valence-electron chi connectivity index (χ1n) is 8.25. The molecule has 0 aliphatic heterocycles. The van der Waals surface area contributed by atoms with Gasteiger partial charge in [-0.3, -0.25) is 0 Å². The van der Waals surface area contributed by atoms with Crippen LogP contribution in [0.15, 0.2) is 66.7 Å². The van der Waals surface area contributed by atoms with E-state index in [1.807, 2.05) is 24.3 Å². The number of fused-ring (bicyclic) bond motifs is 1. The van der Waals surface area contributed by atoms with Gasteiger partial charge in [0.05, 0.1) is 0 Å². The molecular formula is C20H22ClN3. The fourth-order valence-electron chi connectivity index (χ4n) is 2.68. The summed E-state index contributed by atoms with van der Waals surface area (Å²) in [4.78, 5) is 0. The first-order chi connectivity index (χ1) is 11.8. The van der Waals surface area contributed by atoms with E-state index in [2.05, 4.69) is 58.4 Å². The Kier molecular flexibility index (Phi) is 5.94. The summed E-state index contributed by atoms with van der Waals surface area (Å²) in [6.45, 7) is 3.59. The van der Waals surface area contributed by atoms with Gasteiger partial charge in [0, 0.05) is 48.0 Å². The van der Waals surface area contributed by atoms with Crippen LogP contribution in [0.3, 0.4) is 0 Å². The van der Waals surface area contributed by atoms with Crippen LogP contribution < -0.4 is 16.0 Å². The van der Waals surface area contributed by atoms with Crippen LogP contribution in [0.2, 0.25) is 5.02 Å². The Morgan fingerprint density at radius 1 is 0.708 bits per heavy atom. The summed E-state index contributed by atoms with van der Waals surface area (Å²) in [5, 5.41) is 13.6. The van der Waals surface area contributed by atoms with E-state index >= 15 is 0 Å². The molecule has 3 N–H and O–H groups in total. The Morgan fingerprint density at radius 3 is 2.33 bits per heavy atom. The number of hydrogen-bond acceptors (Lipinski definition) is 3. The van der Waals surface area contributed by atoms with Crippen molar-refractivity contribution in [2.75, 3.05) is 36.8 Å².